The van der Waals surface area contributed by atoms with Gasteiger partial charge in [0, 0.05) is 38.0 Å². The average molecular weight is 596 g/mol. The van der Waals surface area contributed by atoms with Crippen LogP contribution in [0.2, 0.25) is 0 Å². The second kappa shape index (κ2) is 11.9. The van der Waals surface area contributed by atoms with E-state index in [0.29, 0.717) is 54.7 Å². The summed E-state index contributed by atoms with van der Waals surface area (Å²) < 4.78 is 1.85. The molecule has 13 nitrogen and oxygen atoms in total. The first-order chi connectivity index (χ1) is 21.5. The number of nitrogens with one attached hydrogen (secondary N) is 1. The Labute approximate surface area is 254 Å². The molecule has 44 heavy (non-hydrogen) atoms. The van der Waals surface area contributed by atoms with E-state index in [1.807, 2.05) is 23.6 Å². The fourth-order valence-electron chi connectivity index (χ4n) is 6.41. The summed E-state index contributed by atoms with van der Waals surface area (Å²) in [7, 11) is 0. The molecule has 5 N–H and O–H groups in total. The number of tetrazole rings is 1. The van der Waals surface area contributed by atoms with Gasteiger partial charge in [0.25, 0.3) is 0 Å². The van der Waals surface area contributed by atoms with Gasteiger partial charge in [-0.15, -0.1) is 10.2 Å². The van der Waals surface area contributed by atoms with Crippen LogP contribution in [-0.4, -0.2) is 87.8 Å². The summed E-state index contributed by atoms with van der Waals surface area (Å²) >= 11 is 0. The number of benzene rings is 2. The fraction of sp³-hybridized carbons (Fsp3) is 0.419. The van der Waals surface area contributed by atoms with Crippen molar-refractivity contribution in [2.75, 3.05) is 29.9 Å². The van der Waals surface area contributed by atoms with E-state index in [0.717, 1.165) is 13.0 Å². The molecule has 0 amide bonds. The Balaban J connectivity index is 1.25. The lowest BCUT2D eigenvalue weighted by molar-refractivity contribution is 0.00473. The molecule has 0 spiro atoms. The van der Waals surface area contributed by atoms with Crippen LogP contribution in [0.1, 0.15) is 54.7 Å². The lowest BCUT2D eigenvalue weighted by atomic mass is 9.91. The molecule has 2 aliphatic rings. The molecule has 13 heteroatoms. The number of hydrogen-bond acceptors (Lipinski definition) is 11. The molecule has 0 radical (unpaired) electrons. The Bertz CT molecular complexity index is 1670. The minimum Gasteiger partial charge on any atom is -0.388 e. The highest BCUT2D eigenvalue weighted by Crippen LogP contribution is 2.40. The Kier molecular flexibility index (Phi) is 7.66. The lowest BCUT2D eigenvalue weighted by Crippen LogP contribution is -2.31. The van der Waals surface area contributed by atoms with Crippen LogP contribution < -0.4 is 16.0 Å². The highest BCUT2D eigenvalue weighted by Gasteiger charge is 2.45. The molecule has 7 rings (SSSR count). The van der Waals surface area contributed by atoms with E-state index >= 15 is 0 Å². The average Bonchev–Trinajstić information content (AvgIpc) is 3.86. The maximum Gasteiger partial charge on any atom is 0.229 e. The van der Waals surface area contributed by atoms with Crippen LogP contribution in [0.4, 0.5) is 11.8 Å². The number of fused-ring (bicyclic) bond motifs is 1. The number of aryl methyl sites for hydroxylation is 1. The molecule has 1 saturated heterocycles. The molecular formula is C31H37N11O2. The Morgan fingerprint density at radius 1 is 0.977 bits per heavy atom. The molecule has 1 aliphatic carbocycles. The molecule has 228 valence electrons. The highest BCUT2D eigenvalue weighted by molar-refractivity contribution is 5.84. The van der Waals surface area contributed by atoms with Gasteiger partial charge in [0.15, 0.2) is 22.8 Å². The smallest absolute Gasteiger partial charge is 0.229 e. The third kappa shape index (κ3) is 5.27. The quantitative estimate of drug-likeness (QED) is 0.197. The van der Waals surface area contributed by atoms with Crippen molar-refractivity contribution in [1.82, 2.24) is 39.7 Å². The van der Waals surface area contributed by atoms with Gasteiger partial charge in [0.2, 0.25) is 5.95 Å². The van der Waals surface area contributed by atoms with Crippen LogP contribution in [0.15, 0.2) is 67.0 Å². The van der Waals surface area contributed by atoms with Crippen molar-refractivity contribution in [3.63, 3.8) is 0 Å². The molecule has 0 bridgehead atoms. The van der Waals surface area contributed by atoms with Gasteiger partial charge in [-0.1, -0.05) is 67.6 Å². The number of hydrogen-bond donors (Lipinski definition) is 4. The van der Waals surface area contributed by atoms with Crippen molar-refractivity contribution in [3.8, 4) is 0 Å². The molecule has 2 fully saturated rings. The number of anilines is 2. The third-order valence-corrected chi connectivity index (χ3v) is 8.86. The van der Waals surface area contributed by atoms with Crippen LogP contribution in [0.5, 0.6) is 0 Å². The lowest BCUT2D eigenvalue weighted by Gasteiger charge is -2.22. The van der Waals surface area contributed by atoms with Crippen LogP contribution in [0, 0.1) is 0 Å². The Morgan fingerprint density at radius 3 is 2.32 bits per heavy atom. The Hall–Kier alpha value is -4.46. The van der Waals surface area contributed by atoms with Gasteiger partial charge in [-0.05, 0) is 29.2 Å². The fourth-order valence-corrected chi connectivity index (χ4v) is 6.41. The van der Waals surface area contributed by atoms with Gasteiger partial charge >= 0.3 is 0 Å². The van der Waals surface area contributed by atoms with Gasteiger partial charge in [0.05, 0.1) is 12.4 Å². The first kappa shape index (κ1) is 28.3. The monoisotopic (exact) mass is 595 g/mol. The van der Waals surface area contributed by atoms with E-state index in [1.54, 1.807) is 6.33 Å². The number of rotatable bonds is 9. The molecule has 3 aromatic heterocycles. The number of aliphatic hydroxyl groups excluding tert-OH is 2. The number of nitrogens with two attached hydrogens (primary N) is 1. The molecular weight excluding hydrogens is 558 g/mol. The molecule has 4 heterocycles. The van der Waals surface area contributed by atoms with Crippen LogP contribution in [0.25, 0.3) is 11.2 Å². The van der Waals surface area contributed by atoms with E-state index in [-0.39, 0.29) is 12.0 Å². The molecule has 4 unspecified atom stereocenters. The topological polar surface area (TPSA) is 169 Å². The van der Waals surface area contributed by atoms with Crippen molar-refractivity contribution in [3.05, 3.63) is 83.9 Å². The predicted molar refractivity (Wildman–Crippen MR) is 165 cm³/mol. The summed E-state index contributed by atoms with van der Waals surface area (Å²) in [6, 6.07) is 19.8. The number of imidazole rings is 1. The summed E-state index contributed by atoms with van der Waals surface area (Å²) in [6.45, 7) is 3.93. The van der Waals surface area contributed by atoms with Crippen molar-refractivity contribution in [1.29, 1.82) is 0 Å². The van der Waals surface area contributed by atoms with Crippen molar-refractivity contribution in [2.24, 2.45) is 5.73 Å². The maximum atomic E-state index is 11.2. The minimum atomic E-state index is -1.08. The van der Waals surface area contributed by atoms with E-state index in [9.17, 15) is 10.2 Å². The zero-order chi connectivity index (χ0) is 30.2. The summed E-state index contributed by atoms with van der Waals surface area (Å²) in [6.07, 6.45) is 1.38. The first-order valence-corrected chi connectivity index (χ1v) is 15.2. The van der Waals surface area contributed by atoms with Gasteiger partial charge in [-0.25, -0.2) is 4.98 Å². The normalized spacial score (nSPS) is 23.7. The molecule has 1 saturated carbocycles. The molecule has 5 atom stereocenters. The van der Waals surface area contributed by atoms with Crippen molar-refractivity contribution < 1.29 is 10.2 Å². The molecule has 1 aliphatic heterocycles. The molecule has 2 aromatic carbocycles. The van der Waals surface area contributed by atoms with Crippen molar-refractivity contribution >= 4 is 22.9 Å². The van der Waals surface area contributed by atoms with Gasteiger partial charge < -0.3 is 30.7 Å². The van der Waals surface area contributed by atoms with Crippen LogP contribution >= 0.6 is 0 Å². The zero-order valence-corrected chi connectivity index (χ0v) is 24.6. The SMILES string of the molecule is CCc1nnn(C2CC(n3cnc4c(NCC(c5ccccc5)c5ccccc5)nc(N5CC[C@@H](N)C5)nc43)C(O)C2O)n1. The van der Waals surface area contributed by atoms with E-state index < -0.39 is 24.3 Å². The number of nitrogens with zero attached hydrogens (tertiary/aromatic N) is 9. The highest BCUT2D eigenvalue weighted by atomic mass is 16.3. The summed E-state index contributed by atoms with van der Waals surface area (Å²) in [5.41, 5.74) is 9.80. The standard InChI is InChI=1S/C31H37N11O2/c1-2-25-37-39-42(38-25)24-15-23(27(43)28(24)44)41-18-34-26-29(35-31(36-30(26)41)40-14-13-21(32)17-40)33-16-22(19-9-5-3-6-10-19)20-11-7-4-8-12-20/h3-12,18,21-24,27-28,43-44H,2,13-17,32H2,1H3,(H,33,35,36)/t21-,23?,24?,27?,28?/m1/s1. The third-order valence-electron chi connectivity index (χ3n) is 8.86. The Morgan fingerprint density at radius 2 is 1.68 bits per heavy atom. The second-order valence-corrected chi connectivity index (χ2v) is 11.7. The second-order valence-electron chi connectivity index (χ2n) is 11.7. The first-order valence-electron chi connectivity index (χ1n) is 15.2. The zero-order valence-electron chi connectivity index (χ0n) is 24.6. The number of aliphatic hydroxyl groups is 2. The minimum absolute atomic E-state index is 0.0481. The van der Waals surface area contributed by atoms with E-state index in [4.69, 9.17) is 20.7 Å². The van der Waals surface area contributed by atoms with E-state index in [2.05, 4.69) is 74.2 Å². The van der Waals surface area contributed by atoms with Gasteiger partial charge in [-0.2, -0.15) is 14.8 Å². The van der Waals surface area contributed by atoms with Crippen LogP contribution in [-0.2, 0) is 6.42 Å². The van der Waals surface area contributed by atoms with Gasteiger partial charge in [0.1, 0.15) is 18.2 Å². The summed E-state index contributed by atoms with van der Waals surface area (Å²) in [4.78, 5) is 18.1. The maximum absolute atomic E-state index is 11.2. The van der Waals surface area contributed by atoms with Crippen molar-refractivity contribution in [2.45, 2.75) is 62.4 Å². The number of aromatic nitrogens is 8. The largest absolute Gasteiger partial charge is 0.388 e. The predicted octanol–water partition coefficient (Wildman–Crippen LogP) is 2.06. The van der Waals surface area contributed by atoms with Crippen LogP contribution in [0.3, 0.4) is 0 Å². The van der Waals surface area contributed by atoms with Gasteiger partial charge in [-0.3, -0.25) is 0 Å². The summed E-state index contributed by atoms with van der Waals surface area (Å²) in [5, 5.41) is 38.4. The summed E-state index contributed by atoms with van der Waals surface area (Å²) in [5.74, 6) is 1.82. The molecule has 5 aromatic rings. The van der Waals surface area contributed by atoms with E-state index in [1.165, 1.54) is 15.9 Å².